The van der Waals surface area contributed by atoms with Crippen molar-refractivity contribution < 1.29 is 19.1 Å². The van der Waals surface area contributed by atoms with Crippen molar-refractivity contribution in [3.8, 4) is 11.5 Å². The topological polar surface area (TPSA) is 71.6 Å². The molecule has 1 aromatic carbocycles. The van der Waals surface area contributed by atoms with Crippen molar-refractivity contribution >= 4 is 11.7 Å². The van der Waals surface area contributed by atoms with Crippen LogP contribution in [0.3, 0.4) is 0 Å². The summed E-state index contributed by atoms with van der Waals surface area (Å²) in [4.78, 5) is 29.6. The zero-order valence-corrected chi connectivity index (χ0v) is 14.9. The van der Waals surface area contributed by atoms with Crippen LogP contribution < -0.4 is 9.47 Å². The molecule has 0 aliphatic carbocycles. The molecular formula is C19H22N2O4. The fraction of sp³-hybridized carbons (Fsp3) is 0.368. The highest BCUT2D eigenvalue weighted by atomic mass is 16.7. The number of ketones is 1. The minimum Gasteiger partial charge on any atom is -0.454 e. The fourth-order valence-electron chi connectivity index (χ4n) is 3.24. The second-order valence-electron chi connectivity index (χ2n) is 6.19. The number of aromatic amines is 1. The molecule has 6 heteroatoms. The first-order valence-electron chi connectivity index (χ1n) is 8.30. The summed E-state index contributed by atoms with van der Waals surface area (Å²) in [7, 11) is 0. The van der Waals surface area contributed by atoms with Crippen molar-refractivity contribution in [1.29, 1.82) is 0 Å². The Morgan fingerprint density at radius 3 is 2.56 bits per heavy atom. The first-order valence-corrected chi connectivity index (χ1v) is 8.30. The summed E-state index contributed by atoms with van der Waals surface area (Å²) >= 11 is 0. The molecule has 1 aliphatic rings. The van der Waals surface area contributed by atoms with Gasteiger partial charge in [-0.25, -0.2) is 0 Å². The molecule has 1 N–H and O–H groups in total. The second-order valence-corrected chi connectivity index (χ2v) is 6.19. The largest absolute Gasteiger partial charge is 0.454 e. The number of amides is 1. The number of benzene rings is 1. The van der Waals surface area contributed by atoms with Gasteiger partial charge in [-0.1, -0.05) is 6.07 Å². The lowest BCUT2D eigenvalue weighted by atomic mass is 10.1. The van der Waals surface area contributed by atoms with E-state index in [2.05, 4.69) is 4.98 Å². The molecule has 3 rings (SSSR count). The number of fused-ring (bicyclic) bond motifs is 1. The van der Waals surface area contributed by atoms with E-state index in [4.69, 9.17) is 9.47 Å². The number of aromatic nitrogens is 1. The van der Waals surface area contributed by atoms with Crippen LogP contribution in [0.4, 0.5) is 0 Å². The van der Waals surface area contributed by atoms with Crippen LogP contribution in [0, 0.1) is 13.8 Å². The molecule has 0 spiro atoms. The van der Waals surface area contributed by atoms with E-state index in [0.29, 0.717) is 35.7 Å². The Bertz CT molecular complexity index is 838. The SMILES string of the molecule is CCN(Cc1ccc2c(c1)OCO2)C(=O)c1[nH]c(C)c(C(C)=O)c1C. The third-order valence-electron chi connectivity index (χ3n) is 4.48. The van der Waals surface area contributed by atoms with Crippen LogP contribution in [-0.2, 0) is 6.54 Å². The molecule has 2 aromatic rings. The van der Waals surface area contributed by atoms with Gasteiger partial charge in [0.25, 0.3) is 5.91 Å². The van der Waals surface area contributed by atoms with E-state index in [9.17, 15) is 9.59 Å². The lowest BCUT2D eigenvalue weighted by Crippen LogP contribution is -2.31. The van der Waals surface area contributed by atoms with Crippen LogP contribution >= 0.6 is 0 Å². The lowest BCUT2D eigenvalue weighted by molar-refractivity contribution is 0.0746. The maximum atomic E-state index is 13.0. The van der Waals surface area contributed by atoms with Gasteiger partial charge in [0, 0.05) is 24.3 Å². The highest BCUT2D eigenvalue weighted by molar-refractivity contribution is 6.02. The molecule has 0 saturated carbocycles. The zero-order valence-electron chi connectivity index (χ0n) is 14.9. The molecule has 1 amide bonds. The Labute approximate surface area is 146 Å². The molecule has 1 aliphatic heterocycles. The van der Waals surface area contributed by atoms with Crippen molar-refractivity contribution in [1.82, 2.24) is 9.88 Å². The van der Waals surface area contributed by atoms with Crippen molar-refractivity contribution in [2.75, 3.05) is 13.3 Å². The normalized spacial score (nSPS) is 12.3. The predicted octanol–water partition coefficient (Wildman–Crippen LogP) is 3.23. The summed E-state index contributed by atoms with van der Waals surface area (Å²) < 4.78 is 10.7. The third kappa shape index (κ3) is 3.12. The molecule has 132 valence electrons. The summed E-state index contributed by atoms with van der Waals surface area (Å²) in [5, 5.41) is 0. The molecule has 0 fully saturated rings. The Balaban J connectivity index is 1.85. The van der Waals surface area contributed by atoms with E-state index < -0.39 is 0 Å². The van der Waals surface area contributed by atoms with E-state index in [-0.39, 0.29) is 18.5 Å². The van der Waals surface area contributed by atoms with Gasteiger partial charge >= 0.3 is 0 Å². The van der Waals surface area contributed by atoms with Gasteiger partial charge in [-0.05, 0) is 51.0 Å². The van der Waals surface area contributed by atoms with Crippen molar-refractivity contribution in [3.05, 3.63) is 46.3 Å². The first kappa shape index (κ1) is 17.1. The quantitative estimate of drug-likeness (QED) is 0.847. The van der Waals surface area contributed by atoms with E-state index in [1.54, 1.807) is 4.90 Å². The van der Waals surface area contributed by atoms with Crippen LogP contribution in [0.2, 0.25) is 0 Å². The number of carbonyl (C=O) groups excluding carboxylic acids is 2. The standard InChI is InChI=1S/C19H22N2O4/c1-5-21(9-14-6-7-15-16(8-14)25-10-24-15)19(23)18-11(2)17(13(4)22)12(3)20-18/h6-8,20H,5,9-10H2,1-4H3. The van der Waals surface area contributed by atoms with Gasteiger partial charge in [-0.15, -0.1) is 0 Å². The highest BCUT2D eigenvalue weighted by Gasteiger charge is 2.24. The molecular weight excluding hydrogens is 320 g/mol. The molecule has 0 unspecified atom stereocenters. The molecule has 6 nitrogen and oxygen atoms in total. The summed E-state index contributed by atoms with van der Waals surface area (Å²) in [5.74, 6) is 1.27. The van der Waals surface area contributed by atoms with E-state index in [0.717, 1.165) is 17.0 Å². The second kappa shape index (κ2) is 6.63. The van der Waals surface area contributed by atoms with Gasteiger partial charge in [0.2, 0.25) is 6.79 Å². The average Bonchev–Trinajstić information content (AvgIpc) is 3.15. The predicted molar refractivity (Wildman–Crippen MR) is 93.3 cm³/mol. The van der Waals surface area contributed by atoms with Crippen LogP contribution in [0.1, 0.15) is 51.5 Å². The van der Waals surface area contributed by atoms with Gasteiger partial charge in [0.05, 0.1) is 0 Å². The minimum absolute atomic E-state index is 0.0379. The van der Waals surface area contributed by atoms with E-state index >= 15 is 0 Å². The number of rotatable bonds is 5. The van der Waals surface area contributed by atoms with Crippen molar-refractivity contribution in [3.63, 3.8) is 0 Å². The number of nitrogens with zero attached hydrogens (tertiary/aromatic N) is 1. The summed E-state index contributed by atoms with van der Waals surface area (Å²) in [5.41, 5.74) is 3.48. The number of hydrogen-bond acceptors (Lipinski definition) is 4. The number of nitrogens with one attached hydrogen (secondary N) is 1. The molecule has 0 radical (unpaired) electrons. The number of Topliss-reactive ketones (excluding diaryl/α,β-unsaturated/α-hetero) is 1. The highest BCUT2D eigenvalue weighted by Crippen LogP contribution is 2.33. The molecule has 1 aromatic heterocycles. The number of H-pyrrole nitrogens is 1. The summed E-state index contributed by atoms with van der Waals surface area (Å²) in [6, 6.07) is 5.68. The van der Waals surface area contributed by atoms with Gasteiger partial charge < -0.3 is 19.4 Å². The smallest absolute Gasteiger partial charge is 0.270 e. The first-order chi connectivity index (χ1) is 11.9. The Hall–Kier alpha value is -2.76. The maximum Gasteiger partial charge on any atom is 0.270 e. The van der Waals surface area contributed by atoms with E-state index in [1.165, 1.54) is 6.92 Å². The molecule has 0 saturated heterocycles. The lowest BCUT2D eigenvalue weighted by Gasteiger charge is -2.21. The van der Waals surface area contributed by atoms with Crippen LogP contribution in [0.15, 0.2) is 18.2 Å². The van der Waals surface area contributed by atoms with Gasteiger partial charge in [0.15, 0.2) is 17.3 Å². The molecule has 25 heavy (non-hydrogen) atoms. The van der Waals surface area contributed by atoms with Gasteiger partial charge in [0.1, 0.15) is 5.69 Å². The van der Waals surface area contributed by atoms with Crippen molar-refractivity contribution in [2.45, 2.75) is 34.2 Å². The third-order valence-corrected chi connectivity index (χ3v) is 4.48. The monoisotopic (exact) mass is 342 g/mol. The van der Waals surface area contributed by atoms with Crippen LogP contribution in [0.25, 0.3) is 0 Å². The Morgan fingerprint density at radius 2 is 1.92 bits per heavy atom. The molecule has 0 bridgehead atoms. The number of aryl methyl sites for hydroxylation is 1. The van der Waals surface area contributed by atoms with Crippen molar-refractivity contribution in [2.24, 2.45) is 0 Å². The van der Waals surface area contributed by atoms with Gasteiger partial charge in [-0.3, -0.25) is 9.59 Å². The minimum atomic E-state index is -0.117. The average molecular weight is 342 g/mol. The number of ether oxygens (including phenoxy) is 2. The number of carbonyl (C=O) groups is 2. The van der Waals surface area contributed by atoms with Gasteiger partial charge in [-0.2, -0.15) is 0 Å². The van der Waals surface area contributed by atoms with E-state index in [1.807, 2.05) is 39.0 Å². The van der Waals surface area contributed by atoms with Crippen LogP contribution in [0.5, 0.6) is 11.5 Å². The molecule has 2 heterocycles. The Kier molecular flexibility index (Phi) is 4.53. The summed E-state index contributed by atoms with van der Waals surface area (Å²) in [6.45, 7) is 8.31. The van der Waals surface area contributed by atoms with Crippen LogP contribution in [-0.4, -0.2) is 34.9 Å². The fourth-order valence-corrected chi connectivity index (χ4v) is 3.24. The zero-order chi connectivity index (χ0) is 18.1. The molecule has 0 atom stereocenters. The number of hydrogen-bond donors (Lipinski definition) is 1. The maximum absolute atomic E-state index is 13.0. The Morgan fingerprint density at radius 1 is 1.20 bits per heavy atom. The summed E-state index contributed by atoms with van der Waals surface area (Å²) in [6.07, 6.45) is 0.